The molecule has 0 aliphatic carbocycles. The molecule has 0 radical (unpaired) electrons. The number of thioether (sulfide) groups is 1. The second-order valence-corrected chi connectivity index (χ2v) is 7.70. The van der Waals surface area contributed by atoms with Gasteiger partial charge in [-0.3, -0.25) is 14.7 Å². The summed E-state index contributed by atoms with van der Waals surface area (Å²) in [5, 5.41) is 20.4. The van der Waals surface area contributed by atoms with Crippen molar-refractivity contribution >= 4 is 23.4 Å². The molecule has 9 heteroatoms. The Morgan fingerprint density at radius 2 is 1.78 bits per heavy atom. The zero-order valence-corrected chi connectivity index (χ0v) is 17.9. The van der Waals surface area contributed by atoms with E-state index in [-0.39, 0.29) is 11.7 Å². The van der Waals surface area contributed by atoms with Crippen molar-refractivity contribution < 1.29 is 14.5 Å². The monoisotopic (exact) mass is 446 g/mol. The van der Waals surface area contributed by atoms with Crippen molar-refractivity contribution in [2.24, 2.45) is 0 Å². The average Bonchev–Trinajstić information content (AvgIpc) is 3.27. The Kier molecular flexibility index (Phi) is 6.27. The van der Waals surface area contributed by atoms with Gasteiger partial charge in [0.05, 0.1) is 17.6 Å². The molecule has 0 spiro atoms. The fourth-order valence-electron chi connectivity index (χ4n) is 3.15. The minimum Gasteiger partial charge on any atom is -0.465 e. The van der Waals surface area contributed by atoms with E-state index in [1.165, 1.54) is 31.0 Å². The van der Waals surface area contributed by atoms with Crippen molar-refractivity contribution in [1.29, 1.82) is 0 Å². The molecule has 0 N–H and O–H groups in total. The highest BCUT2D eigenvalue weighted by Gasteiger charge is 2.17. The number of rotatable bonds is 7. The van der Waals surface area contributed by atoms with Crippen LogP contribution in [-0.2, 0) is 10.5 Å². The van der Waals surface area contributed by atoms with Gasteiger partial charge in [0.25, 0.3) is 5.69 Å². The second kappa shape index (κ2) is 9.44. The number of hydrogen-bond donors (Lipinski definition) is 0. The lowest BCUT2D eigenvalue weighted by Crippen LogP contribution is -2.02. The lowest BCUT2D eigenvalue weighted by atomic mass is 10.1. The van der Waals surface area contributed by atoms with Crippen molar-refractivity contribution in [3.05, 3.63) is 100 Å². The van der Waals surface area contributed by atoms with E-state index >= 15 is 0 Å². The van der Waals surface area contributed by atoms with Gasteiger partial charge in [0, 0.05) is 29.1 Å². The van der Waals surface area contributed by atoms with E-state index in [1.807, 2.05) is 47.0 Å². The topological polar surface area (TPSA) is 100 Å². The first-order chi connectivity index (χ1) is 15.6. The Morgan fingerprint density at radius 1 is 1.03 bits per heavy atom. The molecule has 0 atom stereocenters. The van der Waals surface area contributed by atoms with Crippen molar-refractivity contribution in [3.8, 4) is 17.1 Å². The van der Waals surface area contributed by atoms with E-state index < -0.39 is 4.92 Å². The van der Waals surface area contributed by atoms with Gasteiger partial charge < -0.3 is 4.74 Å². The van der Waals surface area contributed by atoms with Gasteiger partial charge in [0.15, 0.2) is 11.0 Å². The molecule has 0 bridgehead atoms. The highest BCUT2D eigenvalue weighted by molar-refractivity contribution is 7.98. The first-order valence-corrected chi connectivity index (χ1v) is 10.6. The van der Waals surface area contributed by atoms with Crippen molar-refractivity contribution in [2.45, 2.75) is 10.9 Å². The smallest absolute Gasteiger partial charge is 0.337 e. The van der Waals surface area contributed by atoms with Gasteiger partial charge >= 0.3 is 5.97 Å². The summed E-state index contributed by atoms with van der Waals surface area (Å²) >= 11 is 1.48. The molecular formula is C23H18N4O4S. The van der Waals surface area contributed by atoms with Crippen molar-refractivity contribution in [2.75, 3.05) is 7.11 Å². The van der Waals surface area contributed by atoms with Crippen LogP contribution in [0.4, 0.5) is 5.69 Å². The summed E-state index contributed by atoms with van der Waals surface area (Å²) in [7, 11) is 1.35. The predicted octanol–water partition coefficient (Wildman–Crippen LogP) is 4.92. The molecule has 4 aromatic rings. The van der Waals surface area contributed by atoms with Crippen LogP contribution in [-0.4, -0.2) is 32.8 Å². The molecule has 1 heterocycles. The van der Waals surface area contributed by atoms with Crippen LogP contribution in [0.25, 0.3) is 17.1 Å². The zero-order valence-electron chi connectivity index (χ0n) is 17.0. The van der Waals surface area contributed by atoms with E-state index in [1.54, 1.807) is 24.3 Å². The quantitative estimate of drug-likeness (QED) is 0.172. The van der Waals surface area contributed by atoms with Gasteiger partial charge in [0.1, 0.15) is 0 Å². The molecule has 1 aromatic heterocycles. The molecule has 3 aromatic carbocycles. The van der Waals surface area contributed by atoms with E-state index in [2.05, 4.69) is 10.2 Å². The number of para-hydroxylation sites is 1. The highest BCUT2D eigenvalue weighted by Crippen LogP contribution is 2.30. The number of esters is 1. The molecule has 0 saturated carbocycles. The van der Waals surface area contributed by atoms with Gasteiger partial charge in [-0.25, -0.2) is 4.79 Å². The lowest BCUT2D eigenvalue weighted by Gasteiger charge is -2.10. The number of ether oxygens (including phenoxy) is 1. The number of hydrogen-bond acceptors (Lipinski definition) is 7. The minimum atomic E-state index is -0.435. The molecule has 0 aliphatic rings. The third-order valence-electron chi connectivity index (χ3n) is 4.70. The maximum Gasteiger partial charge on any atom is 0.337 e. The number of methoxy groups -OCH3 is 1. The van der Waals surface area contributed by atoms with Crippen LogP contribution in [0.3, 0.4) is 0 Å². The number of benzene rings is 3. The average molecular weight is 446 g/mol. The number of aromatic nitrogens is 3. The van der Waals surface area contributed by atoms with Crippen LogP contribution >= 0.6 is 11.8 Å². The standard InChI is InChI=1S/C23H18N4O4S/c1-31-22(28)18-7-5-6-16(14-18)15-32-23-25-24-21(26(23)19-8-3-2-4-9-19)17-10-12-20(13-11-17)27(29)30/h2-14H,15H2,1H3. The number of carbonyl (C=O) groups is 1. The molecule has 0 aliphatic heterocycles. The predicted molar refractivity (Wildman–Crippen MR) is 121 cm³/mol. The summed E-state index contributed by atoms with van der Waals surface area (Å²) < 4.78 is 6.70. The van der Waals surface area contributed by atoms with Gasteiger partial charge in [0.2, 0.25) is 0 Å². The molecule has 160 valence electrons. The summed E-state index contributed by atoms with van der Waals surface area (Å²) in [6, 6.07) is 23.1. The summed E-state index contributed by atoms with van der Waals surface area (Å²) in [6.45, 7) is 0. The number of carbonyl (C=O) groups excluding carboxylic acids is 1. The molecule has 8 nitrogen and oxygen atoms in total. The third kappa shape index (κ3) is 4.52. The second-order valence-electron chi connectivity index (χ2n) is 6.76. The van der Waals surface area contributed by atoms with Crippen molar-refractivity contribution in [3.63, 3.8) is 0 Å². The fourth-order valence-corrected chi connectivity index (χ4v) is 4.04. The maximum atomic E-state index is 11.8. The number of nitro benzene ring substituents is 1. The fraction of sp³-hybridized carbons (Fsp3) is 0.0870. The Hall–Kier alpha value is -3.98. The van der Waals surface area contributed by atoms with Crippen LogP contribution in [0.5, 0.6) is 0 Å². The summed E-state index contributed by atoms with van der Waals surface area (Å²) in [4.78, 5) is 22.4. The van der Waals surface area contributed by atoms with Gasteiger partial charge in [-0.2, -0.15) is 0 Å². The maximum absolute atomic E-state index is 11.8. The minimum absolute atomic E-state index is 0.0135. The summed E-state index contributed by atoms with van der Waals surface area (Å²) in [5.74, 6) is 0.762. The normalized spacial score (nSPS) is 10.7. The van der Waals surface area contributed by atoms with Gasteiger partial charge in [-0.15, -0.1) is 10.2 Å². The molecule has 32 heavy (non-hydrogen) atoms. The number of nitro groups is 1. The first-order valence-electron chi connectivity index (χ1n) is 9.62. The van der Waals surface area contributed by atoms with Crippen LogP contribution < -0.4 is 0 Å². The molecule has 0 amide bonds. The van der Waals surface area contributed by atoms with E-state index in [0.29, 0.717) is 27.9 Å². The Morgan fingerprint density at radius 3 is 2.47 bits per heavy atom. The van der Waals surface area contributed by atoms with Crippen LogP contribution in [0.15, 0.2) is 84.0 Å². The molecule has 4 rings (SSSR count). The Balaban J connectivity index is 1.67. The van der Waals surface area contributed by atoms with Crippen molar-refractivity contribution in [1.82, 2.24) is 14.8 Å². The van der Waals surface area contributed by atoms with Crippen LogP contribution in [0.2, 0.25) is 0 Å². The van der Waals surface area contributed by atoms with Crippen LogP contribution in [0.1, 0.15) is 15.9 Å². The lowest BCUT2D eigenvalue weighted by molar-refractivity contribution is -0.384. The third-order valence-corrected chi connectivity index (χ3v) is 5.70. The van der Waals surface area contributed by atoms with E-state index in [0.717, 1.165) is 11.3 Å². The first kappa shape index (κ1) is 21.3. The zero-order chi connectivity index (χ0) is 22.5. The van der Waals surface area contributed by atoms with Crippen LogP contribution in [0, 0.1) is 10.1 Å². The SMILES string of the molecule is COC(=O)c1cccc(CSc2nnc(-c3ccc([N+](=O)[O-])cc3)n2-c2ccccc2)c1. The summed E-state index contributed by atoms with van der Waals surface area (Å²) in [6.07, 6.45) is 0. The van der Waals surface area contributed by atoms with E-state index in [9.17, 15) is 14.9 Å². The van der Waals surface area contributed by atoms with E-state index in [4.69, 9.17) is 4.74 Å². The summed E-state index contributed by atoms with van der Waals surface area (Å²) in [5.41, 5.74) is 3.03. The molecular weight excluding hydrogens is 428 g/mol. The van der Waals surface area contributed by atoms with Gasteiger partial charge in [-0.05, 0) is 42.0 Å². The molecule has 0 saturated heterocycles. The molecule has 0 unspecified atom stereocenters. The molecule has 0 fully saturated rings. The number of nitrogens with zero attached hydrogens (tertiary/aromatic N) is 4. The highest BCUT2D eigenvalue weighted by atomic mass is 32.2. The van der Waals surface area contributed by atoms with Gasteiger partial charge in [-0.1, -0.05) is 42.1 Å². The Labute approximate surface area is 188 Å². The number of non-ortho nitro benzene ring substituents is 1. The largest absolute Gasteiger partial charge is 0.465 e. The Bertz CT molecular complexity index is 1260.